The molecular formula is C30H33Cl2N3O6S. The van der Waals surface area contributed by atoms with Crippen molar-refractivity contribution in [1.82, 2.24) is 9.62 Å². The summed E-state index contributed by atoms with van der Waals surface area (Å²) in [6.45, 7) is 0.721. The van der Waals surface area contributed by atoms with Crippen molar-refractivity contribution in [2.75, 3.05) is 39.2 Å². The van der Waals surface area contributed by atoms with Crippen LogP contribution in [0.4, 0.5) is 5.69 Å². The molecule has 1 aliphatic heterocycles. The molecule has 4 rings (SSSR count). The van der Waals surface area contributed by atoms with E-state index in [0.29, 0.717) is 65.7 Å². The predicted molar refractivity (Wildman–Crippen MR) is 164 cm³/mol. The first-order valence-electron chi connectivity index (χ1n) is 13.4. The lowest BCUT2D eigenvalue weighted by Crippen LogP contribution is -2.44. The maximum absolute atomic E-state index is 13.3. The normalized spacial score (nSPS) is 15.6. The van der Waals surface area contributed by atoms with E-state index in [1.54, 1.807) is 50.6 Å². The first kappa shape index (κ1) is 31.6. The van der Waals surface area contributed by atoms with Crippen LogP contribution in [0.25, 0.3) is 0 Å². The Labute approximate surface area is 256 Å². The van der Waals surface area contributed by atoms with E-state index >= 15 is 0 Å². The summed E-state index contributed by atoms with van der Waals surface area (Å²) in [4.78, 5) is 26.3. The highest BCUT2D eigenvalue weighted by Crippen LogP contribution is 2.29. The highest BCUT2D eigenvalue weighted by molar-refractivity contribution is 7.88. The topological polar surface area (TPSA) is 114 Å². The molecule has 9 nitrogen and oxygen atoms in total. The van der Waals surface area contributed by atoms with Gasteiger partial charge in [-0.2, -0.15) is 0 Å². The van der Waals surface area contributed by atoms with E-state index < -0.39 is 15.9 Å². The molecule has 2 N–H and O–H groups in total. The Bertz CT molecular complexity index is 1550. The number of halogens is 2. The number of sulfonamides is 1. The van der Waals surface area contributed by atoms with Gasteiger partial charge in [0, 0.05) is 29.7 Å². The van der Waals surface area contributed by atoms with Crippen LogP contribution in [0, 0.1) is 5.92 Å². The van der Waals surface area contributed by atoms with Gasteiger partial charge in [0.2, 0.25) is 15.9 Å². The summed E-state index contributed by atoms with van der Waals surface area (Å²) in [5.41, 5.74) is 2.08. The van der Waals surface area contributed by atoms with E-state index in [-0.39, 0.29) is 29.1 Å². The number of hydrogen-bond donors (Lipinski definition) is 2. The highest BCUT2D eigenvalue weighted by atomic mass is 35.5. The molecule has 0 aromatic heterocycles. The van der Waals surface area contributed by atoms with Gasteiger partial charge in [0.15, 0.2) is 11.5 Å². The van der Waals surface area contributed by atoms with E-state index in [1.807, 2.05) is 18.2 Å². The minimum Gasteiger partial charge on any atom is -0.493 e. The zero-order chi connectivity index (χ0) is 30.3. The molecule has 1 atom stereocenters. The molecule has 1 fully saturated rings. The number of ether oxygens (including phenoxy) is 2. The van der Waals surface area contributed by atoms with Crippen LogP contribution in [0.15, 0.2) is 60.7 Å². The van der Waals surface area contributed by atoms with E-state index in [2.05, 4.69) is 10.6 Å². The van der Waals surface area contributed by atoms with E-state index in [0.717, 1.165) is 5.56 Å². The number of hydrogen-bond acceptors (Lipinski definition) is 6. The van der Waals surface area contributed by atoms with Gasteiger partial charge in [-0.25, -0.2) is 12.7 Å². The molecule has 0 saturated carbocycles. The fraction of sp³-hybridized carbons (Fsp3) is 0.333. The molecule has 1 heterocycles. The van der Waals surface area contributed by atoms with Crippen LogP contribution in [0.5, 0.6) is 11.5 Å². The number of methoxy groups -OCH3 is 2. The van der Waals surface area contributed by atoms with Crippen molar-refractivity contribution < 1.29 is 27.5 Å². The Morgan fingerprint density at radius 1 is 1.00 bits per heavy atom. The van der Waals surface area contributed by atoms with Gasteiger partial charge in [0.05, 0.1) is 37.1 Å². The minimum atomic E-state index is -3.73. The van der Waals surface area contributed by atoms with Gasteiger partial charge in [-0.1, -0.05) is 47.5 Å². The molecule has 2 amide bonds. The number of amides is 2. The Kier molecular flexibility index (Phi) is 10.7. The third kappa shape index (κ3) is 7.95. The maximum atomic E-state index is 13.3. The molecule has 1 unspecified atom stereocenters. The van der Waals surface area contributed by atoms with Gasteiger partial charge < -0.3 is 20.1 Å². The Balaban J connectivity index is 1.36. The zero-order valence-electron chi connectivity index (χ0n) is 23.4. The van der Waals surface area contributed by atoms with E-state index in [4.69, 9.17) is 32.7 Å². The van der Waals surface area contributed by atoms with Crippen LogP contribution in [0.3, 0.4) is 0 Å². The number of carbonyl (C=O) groups is 2. The van der Waals surface area contributed by atoms with E-state index in [1.165, 1.54) is 10.4 Å². The SMILES string of the molecule is COc1ccc(CCNC(=O)c2ccccc2NC(=O)C2CCCN(S(=O)(=O)Cc3ccc(Cl)cc3Cl)C2)cc1OC. The molecule has 12 heteroatoms. The predicted octanol–water partition coefficient (Wildman–Crippen LogP) is 5.16. The minimum absolute atomic E-state index is 0.0407. The number of rotatable bonds is 11. The Morgan fingerprint density at radius 3 is 2.50 bits per heavy atom. The van der Waals surface area contributed by atoms with Crippen molar-refractivity contribution in [3.63, 3.8) is 0 Å². The lowest BCUT2D eigenvalue weighted by Gasteiger charge is -2.31. The average Bonchev–Trinajstić information content (AvgIpc) is 2.98. The van der Waals surface area contributed by atoms with Gasteiger partial charge in [-0.05, 0) is 66.8 Å². The van der Waals surface area contributed by atoms with Crippen molar-refractivity contribution in [2.24, 2.45) is 5.92 Å². The molecule has 0 bridgehead atoms. The second-order valence-electron chi connectivity index (χ2n) is 9.92. The summed E-state index contributed by atoms with van der Waals surface area (Å²) in [6.07, 6.45) is 1.62. The highest BCUT2D eigenvalue weighted by Gasteiger charge is 2.33. The van der Waals surface area contributed by atoms with Crippen molar-refractivity contribution in [3.8, 4) is 11.5 Å². The number of anilines is 1. The summed E-state index contributed by atoms with van der Waals surface area (Å²) in [6, 6.07) is 17.0. The molecule has 0 spiro atoms. The number of para-hydroxylation sites is 1. The first-order chi connectivity index (χ1) is 20.1. The molecule has 42 heavy (non-hydrogen) atoms. The summed E-state index contributed by atoms with van der Waals surface area (Å²) in [5.74, 6) is -0.305. The smallest absolute Gasteiger partial charge is 0.253 e. The lowest BCUT2D eigenvalue weighted by atomic mass is 9.98. The van der Waals surface area contributed by atoms with Crippen LogP contribution in [-0.4, -0.2) is 58.4 Å². The number of nitrogens with zero attached hydrogens (tertiary/aromatic N) is 1. The van der Waals surface area contributed by atoms with Crippen LogP contribution < -0.4 is 20.1 Å². The monoisotopic (exact) mass is 633 g/mol. The summed E-state index contributed by atoms with van der Waals surface area (Å²) < 4.78 is 38.3. The summed E-state index contributed by atoms with van der Waals surface area (Å²) in [7, 11) is -0.593. The van der Waals surface area contributed by atoms with Crippen molar-refractivity contribution in [2.45, 2.75) is 25.0 Å². The largest absolute Gasteiger partial charge is 0.493 e. The zero-order valence-corrected chi connectivity index (χ0v) is 25.7. The van der Waals surface area contributed by atoms with Crippen molar-refractivity contribution in [1.29, 1.82) is 0 Å². The van der Waals surface area contributed by atoms with Crippen LogP contribution >= 0.6 is 23.2 Å². The molecular weight excluding hydrogens is 601 g/mol. The Hall–Kier alpha value is -3.31. The molecule has 1 aliphatic rings. The summed E-state index contributed by atoms with van der Waals surface area (Å²) in [5, 5.41) is 6.44. The van der Waals surface area contributed by atoms with Gasteiger partial charge in [0.1, 0.15) is 0 Å². The lowest BCUT2D eigenvalue weighted by molar-refractivity contribution is -0.120. The number of piperidine rings is 1. The van der Waals surface area contributed by atoms with Gasteiger partial charge in [-0.3, -0.25) is 9.59 Å². The quantitative estimate of drug-likeness (QED) is 0.301. The third-order valence-electron chi connectivity index (χ3n) is 7.08. The standard InChI is InChI=1S/C30H33Cl2N3O6S/c1-40-27-12-9-20(16-28(27)41-2)13-14-33-30(37)24-7-3-4-8-26(24)34-29(36)21-6-5-15-35(18-21)42(38,39)19-22-10-11-23(31)17-25(22)32/h3-4,7-12,16-17,21H,5-6,13-15,18-19H2,1-2H3,(H,33,37)(H,34,36). The second-order valence-corrected chi connectivity index (χ2v) is 12.7. The number of benzene rings is 3. The van der Waals surface area contributed by atoms with Crippen LogP contribution in [-0.2, 0) is 27.0 Å². The fourth-order valence-electron chi connectivity index (χ4n) is 4.81. The first-order valence-corrected chi connectivity index (χ1v) is 15.8. The number of nitrogens with one attached hydrogen (secondary N) is 2. The van der Waals surface area contributed by atoms with Gasteiger partial charge >= 0.3 is 0 Å². The van der Waals surface area contributed by atoms with Crippen molar-refractivity contribution in [3.05, 3.63) is 87.4 Å². The van der Waals surface area contributed by atoms with Gasteiger partial charge in [0.25, 0.3) is 5.91 Å². The van der Waals surface area contributed by atoms with E-state index in [9.17, 15) is 18.0 Å². The van der Waals surface area contributed by atoms with Crippen LogP contribution in [0.1, 0.15) is 34.3 Å². The summed E-state index contributed by atoms with van der Waals surface area (Å²) >= 11 is 12.1. The van der Waals surface area contributed by atoms with Crippen molar-refractivity contribution >= 4 is 50.7 Å². The Morgan fingerprint density at radius 2 is 1.76 bits per heavy atom. The molecule has 224 valence electrons. The molecule has 3 aromatic carbocycles. The fourth-order valence-corrected chi connectivity index (χ4v) is 7.01. The molecule has 0 aliphatic carbocycles. The third-order valence-corrected chi connectivity index (χ3v) is 9.46. The average molecular weight is 635 g/mol. The maximum Gasteiger partial charge on any atom is 0.253 e. The molecule has 1 saturated heterocycles. The van der Waals surface area contributed by atoms with Crippen LogP contribution in [0.2, 0.25) is 10.0 Å². The molecule has 0 radical (unpaired) electrons. The number of carbonyl (C=O) groups excluding carboxylic acids is 2. The molecule has 3 aromatic rings. The second kappa shape index (κ2) is 14.2. The van der Waals surface area contributed by atoms with Gasteiger partial charge in [-0.15, -0.1) is 0 Å².